The molecule has 0 saturated heterocycles. The number of fused-ring (bicyclic) bond motifs is 1. The molecule has 0 aliphatic heterocycles. The Morgan fingerprint density at radius 2 is 2.06 bits per heavy atom. The van der Waals surface area contributed by atoms with Crippen molar-refractivity contribution in [3.63, 3.8) is 0 Å². The summed E-state index contributed by atoms with van der Waals surface area (Å²) < 4.78 is 0. The van der Waals surface area contributed by atoms with Crippen LogP contribution in [0.2, 0.25) is 0 Å². The number of allylic oxidation sites excluding steroid dienone is 1. The third-order valence-electron chi connectivity index (χ3n) is 2.91. The normalized spacial score (nSPS) is 11.6. The molecule has 2 rings (SSSR count). The Hall–Kier alpha value is -1.57. The topological polar surface area (TPSA) is 28.7 Å². The zero-order valence-electron chi connectivity index (χ0n) is 10.4. The molecule has 0 aliphatic carbocycles. The fourth-order valence-corrected chi connectivity index (χ4v) is 1.94. The largest absolute Gasteiger partial charge is 0.338 e. The predicted octanol–water partition coefficient (Wildman–Crippen LogP) is 4.55. The molecule has 2 nitrogen and oxygen atoms in total. The van der Waals surface area contributed by atoms with Gasteiger partial charge in [0.25, 0.3) is 0 Å². The van der Waals surface area contributed by atoms with E-state index in [-0.39, 0.29) is 0 Å². The summed E-state index contributed by atoms with van der Waals surface area (Å²) in [5.74, 6) is 0.960. The fourth-order valence-electron chi connectivity index (χ4n) is 1.94. The summed E-state index contributed by atoms with van der Waals surface area (Å²) in [6, 6.07) is 8.13. The highest BCUT2D eigenvalue weighted by Crippen LogP contribution is 2.11. The van der Waals surface area contributed by atoms with Crippen molar-refractivity contribution in [3.8, 4) is 0 Å². The smallest absolute Gasteiger partial charge is 0.130 e. The molecule has 0 radical (unpaired) electrons. The molecule has 17 heavy (non-hydrogen) atoms. The lowest BCUT2D eigenvalue weighted by Gasteiger charge is -1.93. The van der Waals surface area contributed by atoms with Gasteiger partial charge in [-0.15, -0.1) is 0 Å². The Bertz CT molecular complexity index is 449. The van der Waals surface area contributed by atoms with Crippen molar-refractivity contribution in [2.45, 2.75) is 39.0 Å². The van der Waals surface area contributed by atoms with Crippen molar-refractivity contribution in [1.29, 1.82) is 0 Å². The molecule has 0 saturated carbocycles. The molecule has 2 aromatic rings. The highest BCUT2D eigenvalue weighted by Gasteiger charge is 1.97. The van der Waals surface area contributed by atoms with E-state index >= 15 is 0 Å². The molecule has 0 atom stereocenters. The lowest BCUT2D eigenvalue weighted by Crippen LogP contribution is -1.76. The number of benzene rings is 1. The van der Waals surface area contributed by atoms with E-state index in [4.69, 9.17) is 0 Å². The Balaban J connectivity index is 1.87. The molecule has 0 aliphatic rings. The summed E-state index contributed by atoms with van der Waals surface area (Å²) >= 11 is 0. The van der Waals surface area contributed by atoms with Crippen molar-refractivity contribution < 1.29 is 0 Å². The molecule has 90 valence electrons. The average Bonchev–Trinajstić information content (AvgIpc) is 2.76. The van der Waals surface area contributed by atoms with Gasteiger partial charge in [0.15, 0.2) is 0 Å². The summed E-state index contributed by atoms with van der Waals surface area (Å²) in [7, 11) is 0. The lowest BCUT2D eigenvalue weighted by atomic mass is 10.1. The van der Waals surface area contributed by atoms with Gasteiger partial charge in [0, 0.05) is 0 Å². The van der Waals surface area contributed by atoms with Gasteiger partial charge >= 0.3 is 0 Å². The van der Waals surface area contributed by atoms with Gasteiger partial charge in [-0.3, -0.25) is 0 Å². The van der Waals surface area contributed by atoms with E-state index in [1.165, 1.54) is 25.7 Å². The molecule has 0 amide bonds. The zero-order valence-corrected chi connectivity index (χ0v) is 10.4. The van der Waals surface area contributed by atoms with Crippen LogP contribution in [0.5, 0.6) is 0 Å². The van der Waals surface area contributed by atoms with Gasteiger partial charge in [0.1, 0.15) is 5.82 Å². The van der Waals surface area contributed by atoms with Gasteiger partial charge < -0.3 is 4.98 Å². The summed E-state index contributed by atoms with van der Waals surface area (Å²) in [4.78, 5) is 7.80. The van der Waals surface area contributed by atoms with Crippen LogP contribution in [-0.2, 0) is 0 Å². The minimum absolute atomic E-state index is 0.960. The average molecular weight is 228 g/mol. The van der Waals surface area contributed by atoms with Crippen LogP contribution in [0.4, 0.5) is 0 Å². The lowest BCUT2D eigenvalue weighted by molar-refractivity contribution is 0.675. The molecule has 1 N–H and O–H groups in total. The Morgan fingerprint density at radius 3 is 2.88 bits per heavy atom. The van der Waals surface area contributed by atoms with E-state index in [9.17, 15) is 0 Å². The first-order valence-corrected chi connectivity index (χ1v) is 6.51. The van der Waals surface area contributed by atoms with Crippen LogP contribution < -0.4 is 0 Å². The SMILES string of the molecule is CCCCCC/C=C/c1nc2ccccc2[nH]1. The van der Waals surface area contributed by atoms with Crippen LogP contribution in [0, 0.1) is 0 Å². The van der Waals surface area contributed by atoms with Crippen LogP contribution in [-0.4, -0.2) is 9.97 Å². The summed E-state index contributed by atoms with van der Waals surface area (Å²) in [6.45, 7) is 2.24. The molecule has 1 aromatic carbocycles. The first kappa shape index (κ1) is 11.9. The quantitative estimate of drug-likeness (QED) is 0.722. The van der Waals surface area contributed by atoms with Gasteiger partial charge in [-0.1, -0.05) is 44.4 Å². The molecular formula is C15H20N2. The van der Waals surface area contributed by atoms with E-state index in [1.54, 1.807) is 0 Å². The summed E-state index contributed by atoms with van der Waals surface area (Å²) in [5.41, 5.74) is 2.15. The van der Waals surface area contributed by atoms with Crippen LogP contribution in [0.1, 0.15) is 44.9 Å². The maximum Gasteiger partial charge on any atom is 0.130 e. The maximum absolute atomic E-state index is 4.50. The maximum atomic E-state index is 4.50. The monoisotopic (exact) mass is 228 g/mol. The predicted molar refractivity (Wildman–Crippen MR) is 73.9 cm³/mol. The minimum Gasteiger partial charge on any atom is -0.338 e. The number of hydrogen-bond acceptors (Lipinski definition) is 1. The number of H-pyrrole nitrogens is 1. The number of nitrogens with one attached hydrogen (secondary N) is 1. The van der Waals surface area contributed by atoms with E-state index in [2.05, 4.69) is 35.1 Å². The molecule has 0 spiro atoms. The van der Waals surface area contributed by atoms with Gasteiger partial charge in [0.05, 0.1) is 11.0 Å². The molecule has 0 unspecified atom stereocenters. The highest BCUT2D eigenvalue weighted by molar-refractivity contribution is 5.76. The standard InChI is InChI=1S/C15H20N2/c1-2-3-4-5-6-7-12-15-16-13-10-8-9-11-14(13)17-15/h7-12H,2-6H2,1H3,(H,16,17)/b12-7+. The van der Waals surface area contributed by atoms with Crippen LogP contribution in [0.25, 0.3) is 17.1 Å². The van der Waals surface area contributed by atoms with E-state index in [0.29, 0.717) is 0 Å². The molecular weight excluding hydrogens is 208 g/mol. The van der Waals surface area contributed by atoms with E-state index in [1.807, 2.05) is 18.2 Å². The van der Waals surface area contributed by atoms with Gasteiger partial charge in [-0.25, -0.2) is 4.98 Å². The van der Waals surface area contributed by atoms with Crippen LogP contribution in [0.3, 0.4) is 0 Å². The third-order valence-corrected chi connectivity index (χ3v) is 2.91. The third kappa shape index (κ3) is 3.45. The first-order valence-electron chi connectivity index (χ1n) is 6.51. The second-order valence-electron chi connectivity index (χ2n) is 4.39. The molecule has 2 heteroatoms. The first-order chi connectivity index (χ1) is 8.40. The van der Waals surface area contributed by atoms with Gasteiger partial charge in [0.2, 0.25) is 0 Å². The molecule has 1 heterocycles. The summed E-state index contributed by atoms with van der Waals surface area (Å²) in [5, 5.41) is 0. The Morgan fingerprint density at radius 1 is 1.18 bits per heavy atom. The van der Waals surface area contributed by atoms with E-state index < -0.39 is 0 Å². The number of aromatic nitrogens is 2. The minimum atomic E-state index is 0.960. The number of para-hydroxylation sites is 2. The van der Waals surface area contributed by atoms with Crippen molar-refractivity contribution in [2.75, 3.05) is 0 Å². The molecule has 0 bridgehead atoms. The Kier molecular flexibility index (Phi) is 4.37. The zero-order chi connectivity index (χ0) is 11.9. The molecule has 0 fully saturated rings. The number of nitrogens with zero attached hydrogens (tertiary/aromatic N) is 1. The van der Waals surface area contributed by atoms with Crippen molar-refractivity contribution in [1.82, 2.24) is 9.97 Å². The van der Waals surface area contributed by atoms with Crippen LogP contribution in [0.15, 0.2) is 30.3 Å². The van der Waals surface area contributed by atoms with Crippen molar-refractivity contribution in [3.05, 3.63) is 36.2 Å². The molecule has 1 aromatic heterocycles. The second-order valence-corrected chi connectivity index (χ2v) is 4.39. The Labute approximate surface area is 103 Å². The second kappa shape index (κ2) is 6.24. The van der Waals surface area contributed by atoms with Crippen molar-refractivity contribution >= 4 is 17.1 Å². The highest BCUT2D eigenvalue weighted by atomic mass is 14.9. The van der Waals surface area contributed by atoms with Gasteiger partial charge in [-0.2, -0.15) is 0 Å². The number of hydrogen-bond donors (Lipinski definition) is 1. The van der Waals surface area contributed by atoms with Crippen molar-refractivity contribution in [2.24, 2.45) is 0 Å². The number of rotatable bonds is 6. The number of imidazole rings is 1. The van der Waals surface area contributed by atoms with Gasteiger partial charge in [-0.05, 0) is 31.1 Å². The number of aromatic amines is 1. The number of unbranched alkanes of at least 4 members (excludes halogenated alkanes) is 4. The van der Waals surface area contributed by atoms with Crippen LogP contribution >= 0.6 is 0 Å². The summed E-state index contributed by atoms with van der Waals surface area (Å²) in [6.07, 6.45) is 10.7. The fraction of sp³-hybridized carbons (Fsp3) is 0.400. The van der Waals surface area contributed by atoms with E-state index in [0.717, 1.165) is 23.3 Å².